The summed E-state index contributed by atoms with van der Waals surface area (Å²) in [6.07, 6.45) is 1.24. The van der Waals surface area contributed by atoms with Crippen molar-refractivity contribution in [3.05, 3.63) is 78.4 Å². The van der Waals surface area contributed by atoms with E-state index in [-0.39, 0.29) is 22.2 Å². The second-order valence-electron chi connectivity index (χ2n) is 5.57. The van der Waals surface area contributed by atoms with Crippen molar-refractivity contribution in [2.75, 3.05) is 5.32 Å². The van der Waals surface area contributed by atoms with Crippen LogP contribution in [0.1, 0.15) is 15.9 Å². The van der Waals surface area contributed by atoms with Crippen molar-refractivity contribution in [3.8, 4) is 0 Å². The number of nitro groups is 2. The van der Waals surface area contributed by atoms with Gasteiger partial charge < -0.3 is 10.3 Å². The van der Waals surface area contributed by atoms with Crippen LogP contribution in [0.3, 0.4) is 0 Å². The van der Waals surface area contributed by atoms with E-state index in [1.807, 2.05) is 0 Å². The summed E-state index contributed by atoms with van der Waals surface area (Å²) in [6.45, 7) is 1.33. The molecule has 0 atom stereocenters. The van der Waals surface area contributed by atoms with Crippen LogP contribution < -0.4 is 10.9 Å². The van der Waals surface area contributed by atoms with Crippen molar-refractivity contribution in [2.24, 2.45) is 0 Å². The molecular weight excluding hydrogens is 358 g/mol. The van der Waals surface area contributed by atoms with E-state index < -0.39 is 32.7 Å². The van der Waals surface area contributed by atoms with E-state index in [4.69, 9.17) is 0 Å². The molecule has 0 aliphatic heterocycles. The van der Waals surface area contributed by atoms with E-state index in [0.29, 0.717) is 5.52 Å². The van der Waals surface area contributed by atoms with Gasteiger partial charge in [0, 0.05) is 17.3 Å². The number of aromatic nitrogens is 2. The number of amides is 1. The molecule has 0 bridgehead atoms. The molecule has 0 aliphatic rings. The van der Waals surface area contributed by atoms with Crippen molar-refractivity contribution in [1.29, 1.82) is 0 Å². The fraction of sp³-hybridized carbons (Fsp3) is 0.0625. The second kappa shape index (κ2) is 6.63. The number of carbonyl (C=O) groups is 1. The lowest BCUT2D eigenvalue weighted by Crippen LogP contribution is -2.15. The van der Waals surface area contributed by atoms with Gasteiger partial charge in [-0.1, -0.05) is 0 Å². The molecule has 1 amide bonds. The van der Waals surface area contributed by atoms with E-state index >= 15 is 0 Å². The zero-order valence-corrected chi connectivity index (χ0v) is 13.8. The number of anilines is 1. The van der Waals surface area contributed by atoms with Gasteiger partial charge in [-0.3, -0.25) is 29.8 Å². The normalized spacial score (nSPS) is 10.6. The number of nitrogens with zero attached hydrogens (tertiary/aromatic N) is 3. The highest BCUT2D eigenvalue weighted by molar-refractivity contribution is 6.07. The molecule has 0 saturated heterocycles. The van der Waals surface area contributed by atoms with Crippen LogP contribution in [-0.2, 0) is 0 Å². The summed E-state index contributed by atoms with van der Waals surface area (Å²) in [4.78, 5) is 51.3. The number of non-ortho nitro benzene ring substituents is 1. The third kappa shape index (κ3) is 3.33. The molecule has 1 heterocycles. The molecule has 2 N–H and O–H groups in total. The number of fused-ring (bicyclic) bond motifs is 1. The summed E-state index contributed by atoms with van der Waals surface area (Å²) in [5.41, 5.74) is -1.08. The minimum atomic E-state index is -0.815. The first kappa shape index (κ1) is 17.7. The van der Waals surface area contributed by atoms with Crippen molar-refractivity contribution in [1.82, 2.24) is 9.97 Å². The molecule has 11 nitrogen and oxygen atoms in total. The van der Waals surface area contributed by atoms with Crippen molar-refractivity contribution in [2.45, 2.75) is 6.92 Å². The quantitative estimate of drug-likeness (QED) is 0.526. The Morgan fingerprint density at radius 2 is 1.89 bits per heavy atom. The van der Waals surface area contributed by atoms with Crippen molar-refractivity contribution in [3.63, 3.8) is 0 Å². The molecule has 0 radical (unpaired) electrons. The summed E-state index contributed by atoms with van der Waals surface area (Å²) in [7, 11) is 0. The lowest BCUT2D eigenvalue weighted by Gasteiger charge is -2.09. The number of benzene rings is 2. The summed E-state index contributed by atoms with van der Waals surface area (Å²) >= 11 is 0. The van der Waals surface area contributed by atoms with Crippen LogP contribution in [0.15, 0.2) is 41.5 Å². The standard InChI is InChI=1S/C16H11N5O6/c1-8-11(5-10(20(24)25)6-14(8)21(26)27)16(23)19-9-2-3-13-12(4-9)15(22)18-7-17-13/h2-7H,1H3,(H,19,23)(H,17,18,22). The van der Waals surface area contributed by atoms with Crippen LogP contribution in [0.2, 0.25) is 0 Å². The molecule has 1 aromatic heterocycles. The van der Waals surface area contributed by atoms with Crippen molar-refractivity contribution < 1.29 is 14.6 Å². The minimum Gasteiger partial charge on any atom is -0.322 e. The molecule has 3 aromatic rings. The van der Waals surface area contributed by atoms with Crippen LogP contribution in [-0.4, -0.2) is 25.7 Å². The van der Waals surface area contributed by atoms with Gasteiger partial charge in [0.25, 0.3) is 22.8 Å². The third-order valence-electron chi connectivity index (χ3n) is 3.92. The first-order valence-electron chi connectivity index (χ1n) is 7.50. The van der Waals surface area contributed by atoms with Crippen LogP contribution in [0.4, 0.5) is 17.1 Å². The molecule has 3 rings (SSSR count). The lowest BCUT2D eigenvalue weighted by atomic mass is 10.0. The molecule has 0 saturated carbocycles. The number of hydrogen-bond donors (Lipinski definition) is 2. The fourth-order valence-corrected chi connectivity index (χ4v) is 2.56. The Morgan fingerprint density at radius 3 is 2.56 bits per heavy atom. The minimum absolute atomic E-state index is 0.0107. The van der Waals surface area contributed by atoms with E-state index in [1.54, 1.807) is 0 Å². The average Bonchev–Trinajstić information content (AvgIpc) is 2.62. The smallest absolute Gasteiger partial charge is 0.279 e. The third-order valence-corrected chi connectivity index (χ3v) is 3.92. The van der Waals surface area contributed by atoms with Gasteiger partial charge in [-0.15, -0.1) is 0 Å². The Bertz CT molecular complexity index is 1170. The van der Waals surface area contributed by atoms with Gasteiger partial charge in [0.1, 0.15) is 0 Å². The van der Waals surface area contributed by atoms with E-state index in [2.05, 4.69) is 15.3 Å². The molecule has 0 unspecified atom stereocenters. The van der Waals surface area contributed by atoms with Gasteiger partial charge in [-0.05, 0) is 25.1 Å². The zero-order chi connectivity index (χ0) is 19.7. The maximum absolute atomic E-state index is 12.5. The molecule has 0 aliphatic carbocycles. The first-order chi connectivity index (χ1) is 12.8. The molecule has 136 valence electrons. The summed E-state index contributed by atoms with van der Waals surface area (Å²) in [5, 5.41) is 24.8. The Morgan fingerprint density at radius 1 is 1.15 bits per heavy atom. The second-order valence-corrected chi connectivity index (χ2v) is 5.57. The number of hydrogen-bond acceptors (Lipinski definition) is 7. The molecule has 27 heavy (non-hydrogen) atoms. The van der Waals surface area contributed by atoms with Crippen LogP contribution >= 0.6 is 0 Å². The van der Waals surface area contributed by atoms with Gasteiger partial charge in [0.15, 0.2) is 0 Å². The predicted molar refractivity (Wildman–Crippen MR) is 94.8 cm³/mol. The number of aromatic amines is 1. The predicted octanol–water partition coefficient (Wildman–Crippen LogP) is 2.30. The first-order valence-corrected chi connectivity index (χ1v) is 7.50. The van der Waals surface area contributed by atoms with Crippen LogP contribution in [0.25, 0.3) is 10.9 Å². The Hall–Kier alpha value is -4.15. The van der Waals surface area contributed by atoms with Gasteiger partial charge in [0.2, 0.25) is 0 Å². The highest BCUT2D eigenvalue weighted by atomic mass is 16.6. The molecular formula is C16H11N5O6. The summed E-state index contributed by atoms with van der Waals surface area (Å²) in [6, 6.07) is 6.16. The Labute approximate surface area is 150 Å². The van der Waals surface area contributed by atoms with Gasteiger partial charge in [-0.25, -0.2) is 4.98 Å². The topological polar surface area (TPSA) is 161 Å². The summed E-state index contributed by atoms with van der Waals surface area (Å²) < 4.78 is 0. The average molecular weight is 369 g/mol. The SMILES string of the molecule is Cc1c(C(=O)Nc2ccc3nc[nH]c(=O)c3c2)cc([N+](=O)[O-])cc1[N+](=O)[O-]. The summed E-state index contributed by atoms with van der Waals surface area (Å²) in [5.74, 6) is -0.779. The number of carbonyl (C=O) groups excluding carboxylic acids is 1. The molecule has 2 aromatic carbocycles. The number of nitro benzene ring substituents is 2. The van der Waals surface area contributed by atoms with E-state index in [0.717, 1.165) is 12.1 Å². The van der Waals surface area contributed by atoms with Gasteiger partial charge in [-0.2, -0.15) is 0 Å². The van der Waals surface area contributed by atoms with Crippen LogP contribution in [0, 0.1) is 27.2 Å². The monoisotopic (exact) mass is 369 g/mol. The fourth-order valence-electron chi connectivity index (χ4n) is 2.56. The Kier molecular flexibility index (Phi) is 4.34. The zero-order valence-electron chi connectivity index (χ0n) is 13.8. The Balaban J connectivity index is 2.03. The molecule has 0 fully saturated rings. The molecule has 0 spiro atoms. The van der Waals surface area contributed by atoms with Crippen molar-refractivity contribution >= 4 is 33.9 Å². The highest BCUT2D eigenvalue weighted by Crippen LogP contribution is 2.28. The molecule has 11 heteroatoms. The highest BCUT2D eigenvalue weighted by Gasteiger charge is 2.24. The number of nitrogens with one attached hydrogen (secondary N) is 2. The van der Waals surface area contributed by atoms with E-state index in [9.17, 15) is 29.8 Å². The number of H-pyrrole nitrogens is 1. The largest absolute Gasteiger partial charge is 0.322 e. The maximum atomic E-state index is 12.5. The van der Waals surface area contributed by atoms with Crippen LogP contribution in [0.5, 0.6) is 0 Å². The van der Waals surface area contributed by atoms with E-state index in [1.165, 1.54) is 31.5 Å². The van der Waals surface area contributed by atoms with Gasteiger partial charge >= 0.3 is 0 Å². The van der Waals surface area contributed by atoms with Gasteiger partial charge in [0.05, 0.1) is 38.7 Å². The lowest BCUT2D eigenvalue weighted by molar-refractivity contribution is -0.394. The number of rotatable bonds is 4. The maximum Gasteiger partial charge on any atom is 0.279 e.